The van der Waals surface area contributed by atoms with Crippen molar-refractivity contribution < 1.29 is 58.9 Å². The largest absolute Gasteiger partial charge is 4.00 e. The second kappa shape index (κ2) is 19.6. The maximum absolute atomic E-state index is 3.17. The van der Waals surface area contributed by atoms with Gasteiger partial charge in [-0.15, -0.1) is 0 Å². The Balaban J connectivity index is 0.00000756. The summed E-state index contributed by atoms with van der Waals surface area (Å²) in [5.74, 6) is 0. The third-order valence-corrected chi connectivity index (χ3v) is 17.8. The molecule has 0 unspecified atom stereocenters. The Labute approximate surface area is 376 Å². The molecule has 0 saturated carbocycles. The molecule has 4 rings (SSSR count). The van der Waals surface area contributed by atoms with Crippen molar-refractivity contribution in [3.05, 3.63) is 73.8 Å². The molecule has 0 aromatic heterocycles. The van der Waals surface area contributed by atoms with Crippen molar-refractivity contribution in [2.75, 3.05) is 114 Å². The minimum Gasteiger partial charge on any atom is -1.00 e. The predicted molar refractivity (Wildman–Crippen MR) is 239 cm³/mol. The van der Waals surface area contributed by atoms with Gasteiger partial charge >= 0.3 is 21.7 Å². The maximum Gasteiger partial charge on any atom is 4.00 e. The number of nitrogens with zero attached hydrogens (tertiary/aromatic N) is 6. The minimum absolute atomic E-state index is 0. The van der Waals surface area contributed by atoms with Gasteiger partial charge in [0.2, 0.25) is 0 Å². The summed E-state index contributed by atoms with van der Waals surface area (Å²) in [7, 11) is 23.2. The second-order valence-corrected chi connectivity index (χ2v) is 20.2. The molecule has 0 N–H and O–H groups in total. The molecule has 0 aliphatic heterocycles. The van der Waals surface area contributed by atoms with Gasteiger partial charge in [0, 0.05) is 84.6 Å². The Morgan fingerprint density at radius 3 is 0.804 bits per heavy atom. The first kappa shape index (κ1) is 53.6. The van der Waals surface area contributed by atoms with E-state index >= 15 is 0 Å². The average molecular weight is 876 g/mol. The van der Waals surface area contributed by atoms with Crippen molar-refractivity contribution in [3.8, 4) is 0 Å². The van der Waals surface area contributed by atoms with Crippen LogP contribution in [0.5, 0.6) is 0 Å². The molecule has 0 aliphatic rings. The summed E-state index contributed by atoms with van der Waals surface area (Å²) < 4.78 is 0. The molecular weight excluding hydrogens is 807 g/mol. The molecule has 0 amide bonds. The van der Waals surface area contributed by atoms with Crippen LogP contribution in [-0.4, -0.2) is 92.6 Å². The van der Waals surface area contributed by atoms with E-state index in [-0.39, 0.29) is 58.9 Å². The molecule has 0 spiro atoms. The average Bonchev–Trinajstić information content (AvgIpc) is 3.23. The zero-order chi connectivity index (χ0) is 39.6. The number of anilines is 6. The van der Waals surface area contributed by atoms with Gasteiger partial charge in [0.1, 0.15) is 0 Å². The molecule has 0 bridgehead atoms. The standard InChI is InChI=1S/C45H69N6Si.3ClH.Ti/c1-26-27(2)35(10)45(34(26)9)52(39-23-36(46(11)12)42(49(17)18)31(6)28(39)3,40-24-37(47(13)14)43(50(19)20)32(7)29(40)4)41-25-38(48(15)16)44(51(21)22)33(8)30(41)5;;;;/h23-25H,1-22H3;3*1H;/q-1;;;;+4/p-3. The number of benzene rings is 3. The summed E-state index contributed by atoms with van der Waals surface area (Å²) in [4.78, 5) is 13.9. The fourth-order valence-corrected chi connectivity index (χ4v) is 15.6. The van der Waals surface area contributed by atoms with Gasteiger partial charge in [-0.25, -0.2) is 0 Å². The normalized spacial score (nSPS) is 10.8. The number of hydrogen-bond acceptors (Lipinski definition) is 6. The molecule has 4 aromatic rings. The van der Waals surface area contributed by atoms with E-state index in [0.29, 0.717) is 0 Å². The SMILES string of the molecule is Cc1c([Si](c2cc(N(C)C)c(N(C)C)c(C)c2C)(c2cc(N(C)C)c(N(C)C)c(C)c2C)c2c(C)c(C)c(C)[c-]2C)cc(N(C)C)c(N(C)C)c1C.[Cl-].[Cl-].[Cl-].[Ti+4]. The minimum atomic E-state index is -3.17. The predicted octanol–water partition coefficient (Wildman–Crippen LogP) is -2.73. The number of hydrogen-bond donors (Lipinski definition) is 0. The van der Waals surface area contributed by atoms with Crippen molar-refractivity contribution in [1.82, 2.24) is 0 Å². The Bertz CT molecular complexity index is 1820. The van der Waals surface area contributed by atoms with E-state index in [1.807, 2.05) is 0 Å². The van der Waals surface area contributed by atoms with E-state index in [9.17, 15) is 0 Å². The van der Waals surface area contributed by atoms with E-state index in [2.05, 4.69) is 201 Å². The monoisotopic (exact) mass is 874 g/mol. The smallest absolute Gasteiger partial charge is 1.00 e. The number of halogens is 3. The van der Waals surface area contributed by atoms with Crippen LogP contribution < -0.4 is 87.4 Å². The first-order valence-corrected chi connectivity index (χ1v) is 20.7. The zero-order valence-electron chi connectivity index (χ0n) is 38.5. The first-order valence-electron chi connectivity index (χ1n) is 18.7. The fraction of sp³-hybridized carbons (Fsp3) is 0.489. The Morgan fingerprint density at radius 1 is 0.375 bits per heavy atom. The molecule has 0 heterocycles. The third kappa shape index (κ3) is 8.38. The molecule has 11 heteroatoms. The van der Waals surface area contributed by atoms with E-state index in [1.165, 1.54) is 105 Å². The Morgan fingerprint density at radius 2 is 0.625 bits per heavy atom. The van der Waals surface area contributed by atoms with Crippen molar-refractivity contribution >= 4 is 62.9 Å². The van der Waals surface area contributed by atoms with E-state index in [1.54, 1.807) is 5.19 Å². The molecular formula is C45H69Cl3N6SiTi. The summed E-state index contributed by atoms with van der Waals surface area (Å²) in [5.41, 5.74) is 21.5. The molecule has 56 heavy (non-hydrogen) atoms. The van der Waals surface area contributed by atoms with E-state index in [4.69, 9.17) is 0 Å². The quantitative estimate of drug-likeness (QED) is 0.0975. The van der Waals surface area contributed by atoms with Crippen LogP contribution in [0.2, 0.25) is 0 Å². The van der Waals surface area contributed by atoms with Gasteiger partial charge in [0.15, 0.2) is 8.07 Å². The molecule has 0 fully saturated rings. The second-order valence-electron chi connectivity index (χ2n) is 16.6. The van der Waals surface area contributed by atoms with Crippen LogP contribution in [0, 0.1) is 69.2 Å². The zero-order valence-corrected chi connectivity index (χ0v) is 43.4. The van der Waals surface area contributed by atoms with Crippen LogP contribution in [0.1, 0.15) is 55.6 Å². The van der Waals surface area contributed by atoms with Gasteiger partial charge in [-0.05, 0) is 109 Å². The fourth-order valence-electron chi connectivity index (χ4n) is 9.16. The molecule has 4 aromatic carbocycles. The number of rotatable bonds is 10. The van der Waals surface area contributed by atoms with Crippen molar-refractivity contribution in [1.29, 1.82) is 0 Å². The summed E-state index contributed by atoms with van der Waals surface area (Å²) in [5, 5.41) is 5.97. The van der Waals surface area contributed by atoms with Gasteiger partial charge in [-0.1, -0.05) is 27.7 Å². The molecule has 0 aliphatic carbocycles. The van der Waals surface area contributed by atoms with Crippen LogP contribution in [0.4, 0.5) is 34.1 Å². The third-order valence-electron chi connectivity index (χ3n) is 12.3. The molecule has 308 valence electrons. The van der Waals surface area contributed by atoms with E-state index in [0.717, 1.165) is 0 Å². The van der Waals surface area contributed by atoms with Gasteiger partial charge in [0.25, 0.3) is 0 Å². The van der Waals surface area contributed by atoms with Gasteiger partial charge in [0.05, 0.1) is 34.1 Å². The van der Waals surface area contributed by atoms with Gasteiger partial charge < -0.3 is 66.6 Å². The molecule has 0 saturated heterocycles. The summed E-state index contributed by atoms with van der Waals surface area (Å²) >= 11 is 0. The van der Waals surface area contributed by atoms with Crippen LogP contribution in [0.3, 0.4) is 0 Å². The van der Waals surface area contributed by atoms with Crippen LogP contribution in [-0.2, 0) is 21.7 Å². The van der Waals surface area contributed by atoms with Crippen LogP contribution >= 0.6 is 0 Å². The van der Waals surface area contributed by atoms with E-state index < -0.39 is 8.07 Å². The molecule has 0 radical (unpaired) electrons. The maximum atomic E-state index is 2.59. The van der Waals surface area contributed by atoms with Crippen LogP contribution in [0.15, 0.2) is 18.2 Å². The van der Waals surface area contributed by atoms with Crippen molar-refractivity contribution in [3.63, 3.8) is 0 Å². The summed E-state index contributed by atoms with van der Waals surface area (Å²) in [6.45, 7) is 23.7. The molecule has 0 atom stereocenters. The summed E-state index contributed by atoms with van der Waals surface area (Å²) in [6.07, 6.45) is 0. The van der Waals surface area contributed by atoms with Gasteiger partial charge in [-0.2, -0.15) is 27.4 Å². The van der Waals surface area contributed by atoms with Crippen LogP contribution in [0.25, 0.3) is 0 Å². The van der Waals surface area contributed by atoms with Gasteiger partial charge in [-0.3, -0.25) is 0 Å². The molecule has 6 nitrogen and oxygen atoms in total. The first-order chi connectivity index (χ1) is 24.0. The topological polar surface area (TPSA) is 19.4 Å². The Hall–Kier alpha value is -2.39. The summed E-state index contributed by atoms with van der Waals surface area (Å²) in [6, 6.07) is 7.77. The van der Waals surface area contributed by atoms with Crippen molar-refractivity contribution in [2.24, 2.45) is 0 Å². The van der Waals surface area contributed by atoms with Crippen molar-refractivity contribution in [2.45, 2.75) is 69.2 Å². The Kier molecular flexibility index (Phi) is 18.7.